The van der Waals surface area contributed by atoms with Gasteiger partial charge in [-0.05, 0) is 30.4 Å². The molecule has 0 unspecified atom stereocenters. The lowest BCUT2D eigenvalue weighted by Crippen LogP contribution is -2.39. The summed E-state index contributed by atoms with van der Waals surface area (Å²) in [4.78, 5) is 32.9. The molecule has 0 spiro atoms. The first kappa shape index (κ1) is 17.6. The molecule has 0 aromatic carbocycles. The van der Waals surface area contributed by atoms with Crippen LogP contribution in [0.15, 0.2) is 24.5 Å². The van der Waals surface area contributed by atoms with Gasteiger partial charge in [-0.3, -0.25) is 9.59 Å². The molecule has 3 aromatic heterocycles. The van der Waals surface area contributed by atoms with Crippen molar-refractivity contribution in [2.24, 2.45) is 7.05 Å². The van der Waals surface area contributed by atoms with Crippen LogP contribution in [0.25, 0.3) is 10.2 Å². The van der Waals surface area contributed by atoms with Crippen molar-refractivity contribution in [1.82, 2.24) is 30.2 Å². The Morgan fingerprint density at radius 1 is 1.30 bits per heavy atom. The predicted molar refractivity (Wildman–Crippen MR) is 102 cm³/mol. The number of pyridine rings is 1. The van der Waals surface area contributed by atoms with E-state index in [9.17, 15) is 9.59 Å². The lowest BCUT2D eigenvalue weighted by Gasteiger charge is -2.32. The van der Waals surface area contributed by atoms with Crippen LogP contribution in [0.3, 0.4) is 0 Å². The molecule has 0 bridgehead atoms. The predicted octanol–water partition coefficient (Wildman–Crippen LogP) is 1.80. The number of carbonyl (C=O) groups excluding carboxylic acids is 2. The summed E-state index contributed by atoms with van der Waals surface area (Å²) in [6, 6.07) is 3.93. The molecular weight excluding hydrogens is 364 g/mol. The quantitative estimate of drug-likeness (QED) is 0.743. The molecule has 2 amide bonds. The molecule has 4 heterocycles. The van der Waals surface area contributed by atoms with E-state index in [2.05, 4.69) is 20.6 Å². The second-order valence-electron chi connectivity index (χ2n) is 6.59. The highest BCUT2D eigenvalue weighted by Gasteiger charge is 2.30. The third kappa shape index (κ3) is 3.08. The number of rotatable bonds is 3. The van der Waals surface area contributed by atoms with E-state index in [1.54, 1.807) is 20.3 Å². The first-order valence-electron chi connectivity index (χ1n) is 8.83. The molecular formula is C18H20N6O2S. The molecule has 27 heavy (non-hydrogen) atoms. The first-order valence-corrected chi connectivity index (χ1v) is 9.65. The van der Waals surface area contributed by atoms with Crippen molar-refractivity contribution in [3.63, 3.8) is 0 Å². The lowest BCUT2D eigenvalue weighted by atomic mass is 9.87. The van der Waals surface area contributed by atoms with E-state index in [4.69, 9.17) is 0 Å². The van der Waals surface area contributed by atoms with Gasteiger partial charge in [0.2, 0.25) is 0 Å². The first-order chi connectivity index (χ1) is 13.1. The van der Waals surface area contributed by atoms with Crippen LogP contribution in [-0.2, 0) is 7.05 Å². The Balaban J connectivity index is 1.59. The van der Waals surface area contributed by atoms with Gasteiger partial charge in [-0.1, -0.05) is 11.3 Å². The maximum Gasteiger partial charge on any atom is 0.273 e. The van der Waals surface area contributed by atoms with Crippen molar-refractivity contribution >= 4 is 33.4 Å². The fraction of sp³-hybridized carbons (Fsp3) is 0.389. The Labute approximate surface area is 160 Å². The molecule has 0 radical (unpaired) electrons. The van der Waals surface area contributed by atoms with Crippen molar-refractivity contribution in [3.05, 3.63) is 40.7 Å². The van der Waals surface area contributed by atoms with Crippen LogP contribution in [0.2, 0.25) is 0 Å². The van der Waals surface area contributed by atoms with Crippen LogP contribution in [0.4, 0.5) is 0 Å². The number of hydrogen-bond acceptors (Lipinski definition) is 6. The molecule has 1 N–H and O–H groups in total. The van der Waals surface area contributed by atoms with Crippen LogP contribution in [-0.4, -0.2) is 56.8 Å². The molecule has 9 heteroatoms. The number of aromatic nitrogens is 4. The average molecular weight is 384 g/mol. The topological polar surface area (TPSA) is 93.0 Å². The summed E-state index contributed by atoms with van der Waals surface area (Å²) in [5.74, 6) is 0.0979. The summed E-state index contributed by atoms with van der Waals surface area (Å²) in [6.45, 7) is 1.28. The van der Waals surface area contributed by atoms with Crippen molar-refractivity contribution in [1.29, 1.82) is 0 Å². The standard InChI is InChI=1S/C18H20N6O2S/c1-19-16(25)15-14(12-4-3-7-20-17(12)27-15)11-5-8-24(9-6-11)18(26)13-10-21-22-23(13)2/h3-4,7,10-11H,5-6,8-9H2,1-2H3,(H,19,25). The zero-order valence-corrected chi connectivity index (χ0v) is 16.0. The molecule has 0 saturated carbocycles. The van der Waals surface area contributed by atoms with Gasteiger partial charge in [-0.25, -0.2) is 9.67 Å². The highest BCUT2D eigenvalue weighted by molar-refractivity contribution is 7.20. The second-order valence-corrected chi connectivity index (χ2v) is 7.59. The third-order valence-electron chi connectivity index (χ3n) is 5.06. The largest absolute Gasteiger partial charge is 0.354 e. The Hall–Kier alpha value is -2.81. The highest BCUT2D eigenvalue weighted by Crippen LogP contribution is 2.39. The molecule has 8 nitrogen and oxygen atoms in total. The number of piperidine rings is 1. The molecule has 1 aliphatic rings. The van der Waals surface area contributed by atoms with Gasteiger partial charge < -0.3 is 10.2 Å². The SMILES string of the molecule is CNC(=O)c1sc2ncccc2c1C1CCN(C(=O)c2cnnn2C)CC1. The van der Waals surface area contributed by atoms with Crippen LogP contribution in [0.5, 0.6) is 0 Å². The van der Waals surface area contributed by atoms with Crippen LogP contribution < -0.4 is 5.32 Å². The third-order valence-corrected chi connectivity index (χ3v) is 6.19. The molecule has 1 aliphatic heterocycles. The van der Waals surface area contributed by atoms with Gasteiger partial charge >= 0.3 is 0 Å². The normalized spacial score (nSPS) is 15.3. The van der Waals surface area contributed by atoms with Crippen LogP contribution >= 0.6 is 11.3 Å². The van der Waals surface area contributed by atoms with E-state index >= 15 is 0 Å². The van der Waals surface area contributed by atoms with Crippen molar-refractivity contribution < 1.29 is 9.59 Å². The summed E-state index contributed by atoms with van der Waals surface area (Å²) in [6.07, 6.45) is 4.86. The fourth-order valence-electron chi connectivity index (χ4n) is 3.66. The van der Waals surface area contributed by atoms with Crippen LogP contribution in [0.1, 0.15) is 44.5 Å². The van der Waals surface area contributed by atoms with Gasteiger partial charge in [0.1, 0.15) is 10.5 Å². The Morgan fingerprint density at radius 3 is 2.74 bits per heavy atom. The van der Waals surface area contributed by atoms with E-state index in [0.717, 1.165) is 33.5 Å². The minimum Gasteiger partial charge on any atom is -0.354 e. The van der Waals surface area contributed by atoms with E-state index in [1.807, 2.05) is 17.0 Å². The van der Waals surface area contributed by atoms with Crippen molar-refractivity contribution in [2.45, 2.75) is 18.8 Å². The van der Waals surface area contributed by atoms with Crippen molar-refractivity contribution in [2.75, 3.05) is 20.1 Å². The Kier molecular flexibility index (Phi) is 4.61. The maximum absolute atomic E-state index is 12.7. The number of likely N-dealkylation sites (tertiary alicyclic amines) is 1. The fourth-order valence-corrected chi connectivity index (χ4v) is 4.83. The van der Waals surface area contributed by atoms with Gasteiger partial charge in [0.05, 0.1) is 11.1 Å². The van der Waals surface area contributed by atoms with Gasteiger partial charge in [-0.2, -0.15) is 0 Å². The number of amides is 2. The number of fused-ring (bicyclic) bond motifs is 1. The summed E-state index contributed by atoms with van der Waals surface area (Å²) in [5.41, 5.74) is 1.56. The average Bonchev–Trinajstić information content (AvgIpc) is 3.30. The van der Waals surface area contributed by atoms with Crippen molar-refractivity contribution in [3.8, 4) is 0 Å². The smallest absolute Gasteiger partial charge is 0.273 e. The van der Waals surface area contributed by atoms with E-state index < -0.39 is 0 Å². The van der Waals surface area contributed by atoms with Crippen LogP contribution in [0, 0.1) is 0 Å². The highest BCUT2D eigenvalue weighted by atomic mass is 32.1. The molecule has 0 atom stereocenters. The molecule has 1 saturated heterocycles. The summed E-state index contributed by atoms with van der Waals surface area (Å²) < 4.78 is 1.50. The zero-order chi connectivity index (χ0) is 19.0. The Bertz CT molecular complexity index is 1000. The Morgan fingerprint density at radius 2 is 2.07 bits per heavy atom. The summed E-state index contributed by atoms with van der Waals surface area (Å²) in [5, 5.41) is 11.4. The molecule has 4 rings (SSSR count). The van der Waals surface area contributed by atoms with E-state index in [0.29, 0.717) is 18.8 Å². The second kappa shape index (κ2) is 7.07. The monoisotopic (exact) mass is 384 g/mol. The van der Waals surface area contributed by atoms with Gasteiger partial charge in [0.15, 0.2) is 0 Å². The van der Waals surface area contributed by atoms with Gasteiger partial charge in [-0.15, -0.1) is 16.4 Å². The summed E-state index contributed by atoms with van der Waals surface area (Å²) >= 11 is 1.43. The van der Waals surface area contributed by atoms with Gasteiger partial charge in [0, 0.05) is 38.8 Å². The summed E-state index contributed by atoms with van der Waals surface area (Å²) in [7, 11) is 3.36. The molecule has 3 aromatic rings. The number of nitrogens with zero attached hydrogens (tertiary/aromatic N) is 5. The van der Waals surface area contributed by atoms with E-state index in [1.165, 1.54) is 22.2 Å². The number of thiophene rings is 1. The lowest BCUT2D eigenvalue weighted by molar-refractivity contribution is 0.0701. The zero-order valence-electron chi connectivity index (χ0n) is 15.2. The molecule has 0 aliphatic carbocycles. The molecule has 140 valence electrons. The molecule has 1 fully saturated rings. The minimum atomic E-state index is -0.0764. The maximum atomic E-state index is 12.7. The number of nitrogens with one attached hydrogen (secondary N) is 1. The number of aryl methyl sites for hydroxylation is 1. The number of hydrogen-bond donors (Lipinski definition) is 1. The minimum absolute atomic E-state index is 0.0516. The van der Waals surface area contributed by atoms with Gasteiger partial charge in [0.25, 0.3) is 11.8 Å². The van der Waals surface area contributed by atoms with E-state index in [-0.39, 0.29) is 17.7 Å². The number of carbonyl (C=O) groups is 2.